The molecule has 0 aliphatic heterocycles. The summed E-state index contributed by atoms with van der Waals surface area (Å²) in [6.07, 6.45) is 0. The summed E-state index contributed by atoms with van der Waals surface area (Å²) in [7, 11) is 0. The lowest BCUT2D eigenvalue weighted by Crippen LogP contribution is -2.49. The maximum absolute atomic E-state index is 13.0. The fourth-order valence-corrected chi connectivity index (χ4v) is 4.19. The molecule has 0 bridgehead atoms. The first kappa shape index (κ1) is 24.9. The van der Waals surface area contributed by atoms with E-state index in [2.05, 4.69) is 21.2 Å². The average molecular weight is 508 g/mol. The van der Waals surface area contributed by atoms with Gasteiger partial charge in [-0.15, -0.1) is 11.8 Å². The molecule has 0 radical (unpaired) electrons. The second-order valence-corrected chi connectivity index (χ2v) is 9.31. The largest absolute Gasteiger partial charge is 0.352 e. The summed E-state index contributed by atoms with van der Waals surface area (Å²) in [5.74, 6) is 0.405. The van der Waals surface area contributed by atoms with Crippen LogP contribution in [0.15, 0.2) is 53.0 Å². The number of hydrogen-bond donors (Lipinski definition) is 1. The number of non-ortho nitro benzene ring substituents is 1. The topological polar surface area (TPSA) is 92.6 Å². The smallest absolute Gasteiger partial charge is 0.269 e. The van der Waals surface area contributed by atoms with Crippen LogP contribution in [0.1, 0.15) is 31.9 Å². The normalized spacial score (nSPS) is 11.8. The van der Waals surface area contributed by atoms with E-state index >= 15 is 0 Å². The van der Waals surface area contributed by atoms with Crippen molar-refractivity contribution in [2.45, 2.75) is 45.2 Å². The Morgan fingerprint density at radius 3 is 2.39 bits per heavy atom. The van der Waals surface area contributed by atoms with E-state index in [1.165, 1.54) is 23.9 Å². The average Bonchev–Trinajstić information content (AvgIpc) is 2.71. The Balaban J connectivity index is 2.05. The lowest BCUT2D eigenvalue weighted by atomic mass is 10.1. The van der Waals surface area contributed by atoms with Gasteiger partial charge in [0.2, 0.25) is 11.8 Å². The Labute approximate surface area is 194 Å². The van der Waals surface area contributed by atoms with Gasteiger partial charge in [-0.05, 0) is 44.0 Å². The third-order valence-corrected chi connectivity index (χ3v) is 5.96. The number of nitro benzene ring substituents is 1. The third kappa shape index (κ3) is 7.99. The molecule has 0 unspecified atom stereocenters. The fraction of sp³-hybridized carbons (Fsp3) is 0.364. The first-order valence-electron chi connectivity index (χ1n) is 9.82. The molecule has 0 spiro atoms. The standard InChI is InChI=1S/C22H26BrN3O4S/c1-15(2)24-22(28)16(3)25(12-18-5-4-6-19(23)11-18)21(27)14-31-13-17-7-9-20(10-8-17)26(29)30/h4-11,15-16H,12-14H2,1-3H3,(H,24,28)/t16-/m1/s1. The van der Waals surface area contributed by atoms with Crippen molar-refractivity contribution in [1.29, 1.82) is 0 Å². The molecule has 0 heterocycles. The molecular weight excluding hydrogens is 482 g/mol. The second-order valence-electron chi connectivity index (χ2n) is 7.41. The van der Waals surface area contributed by atoms with Crippen LogP contribution < -0.4 is 5.32 Å². The van der Waals surface area contributed by atoms with Crippen LogP contribution in [0.3, 0.4) is 0 Å². The monoisotopic (exact) mass is 507 g/mol. The van der Waals surface area contributed by atoms with E-state index in [4.69, 9.17) is 0 Å². The molecule has 31 heavy (non-hydrogen) atoms. The number of benzene rings is 2. The summed E-state index contributed by atoms with van der Waals surface area (Å²) >= 11 is 4.85. The molecule has 0 aliphatic rings. The van der Waals surface area contributed by atoms with Crippen molar-refractivity contribution in [3.8, 4) is 0 Å². The van der Waals surface area contributed by atoms with Crippen molar-refractivity contribution >= 4 is 45.2 Å². The molecule has 0 aliphatic carbocycles. The van der Waals surface area contributed by atoms with Gasteiger partial charge < -0.3 is 10.2 Å². The Morgan fingerprint density at radius 2 is 1.81 bits per heavy atom. The van der Waals surface area contributed by atoms with Gasteiger partial charge in [0.05, 0.1) is 10.7 Å². The fourth-order valence-electron chi connectivity index (χ4n) is 2.87. The zero-order valence-electron chi connectivity index (χ0n) is 17.7. The van der Waals surface area contributed by atoms with Gasteiger partial charge >= 0.3 is 0 Å². The van der Waals surface area contributed by atoms with Crippen LogP contribution in [-0.4, -0.2) is 39.5 Å². The van der Waals surface area contributed by atoms with E-state index in [0.29, 0.717) is 12.3 Å². The highest BCUT2D eigenvalue weighted by atomic mass is 79.9. The predicted octanol–water partition coefficient (Wildman–Crippen LogP) is 4.53. The van der Waals surface area contributed by atoms with E-state index in [1.807, 2.05) is 38.1 Å². The number of thioether (sulfide) groups is 1. The first-order chi connectivity index (χ1) is 14.7. The van der Waals surface area contributed by atoms with Crippen LogP contribution in [0.4, 0.5) is 5.69 Å². The van der Waals surface area contributed by atoms with E-state index < -0.39 is 11.0 Å². The highest BCUT2D eigenvalue weighted by Gasteiger charge is 2.26. The van der Waals surface area contributed by atoms with Crippen molar-refractivity contribution < 1.29 is 14.5 Å². The molecule has 0 fully saturated rings. The van der Waals surface area contributed by atoms with Gasteiger partial charge in [0.15, 0.2) is 0 Å². The Hall–Kier alpha value is -2.39. The molecule has 166 valence electrons. The molecule has 0 saturated carbocycles. The molecule has 2 amide bonds. The Bertz CT molecular complexity index is 921. The van der Waals surface area contributed by atoms with Crippen LogP contribution in [0.5, 0.6) is 0 Å². The van der Waals surface area contributed by atoms with Crippen molar-refractivity contribution in [1.82, 2.24) is 10.2 Å². The molecule has 2 aromatic carbocycles. The van der Waals surface area contributed by atoms with Gasteiger partial charge in [0, 0.05) is 34.9 Å². The van der Waals surface area contributed by atoms with Crippen LogP contribution in [-0.2, 0) is 21.9 Å². The number of nitrogens with one attached hydrogen (secondary N) is 1. The molecular formula is C22H26BrN3O4S. The molecule has 9 heteroatoms. The van der Waals surface area contributed by atoms with Crippen molar-refractivity contribution in [2.75, 3.05) is 5.75 Å². The van der Waals surface area contributed by atoms with E-state index in [1.54, 1.807) is 24.0 Å². The van der Waals surface area contributed by atoms with E-state index in [-0.39, 0.29) is 29.3 Å². The molecule has 0 saturated heterocycles. The van der Waals surface area contributed by atoms with E-state index in [0.717, 1.165) is 15.6 Å². The number of amides is 2. The lowest BCUT2D eigenvalue weighted by Gasteiger charge is -2.29. The van der Waals surface area contributed by atoms with Gasteiger partial charge in [0.25, 0.3) is 5.69 Å². The number of hydrogen-bond acceptors (Lipinski definition) is 5. The number of rotatable bonds is 10. The van der Waals surface area contributed by atoms with Gasteiger partial charge in [-0.25, -0.2) is 0 Å². The van der Waals surface area contributed by atoms with Crippen LogP contribution in [0.25, 0.3) is 0 Å². The van der Waals surface area contributed by atoms with E-state index in [9.17, 15) is 19.7 Å². The number of carbonyl (C=O) groups excluding carboxylic acids is 2. The maximum atomic E-state index is 13.0. The minimum absolute atomic E-state index is 0.0192. The molecule has 1 N–H and O–H groups in total. The molecule has 2 aromatic rings. The lowest BCUT2D eigenvalue weighted by molar-refractivity contribution is -0.384. The summed E-state index contributed by atoms with van der Waals surface area (Å²) in [5.41, 5.74) is 1.86. The van der Waals surface area contributed by atoms with Gasteiger partial charge in [-0.1, -0.05) is 40.2 Å². The Kier molecular flexibility index (Phi) is 9.51. The maximum Gasteiger partial charge on any atom is 0.269 e. The molecule has 1 atom stereocenters. The Morgan fingerprint density at radius 1 is 1.13 bits per heavy atom. The van der Waals surface area contributed by atoms with Crippen LogP contribution in [0.2, 0.25) is 0 Å². The highest BCUT2D eigenvalue weighted by molar-refractivity contribution is 9.10. The summed E-state index contributed by atoms with van der Waals surface area (Å²) < 4.78 is 0.907. The number of nitro groups is 1. The van der Waals surface area contributed by atoms with Gasteiger partial charge in [0.1, 0.15) is 6.04 Å². The number of halogens is 1. The number of carbonyl (C=O) groups is 2. The zero-order chi connectivity index (χ0) is 23.0. The second kappa shape index (κ2) is 11.9. The van der Waals surface area contributed by atoms with Gasteiger partial charge in [-0.2, -0.15) is 0 Å². The minimum Gasteiger partial charge on any atom is -0.352 e. The number of nitrogens with zero attached hydrogens (tertiary/aromatic N) is 2. The third-order valence-electron chi connectivity index (χ3n) is 4.48. The SMILES string of the molecule is CC(C)NC(=O)[C@@H](C)N(Cc1cccc(Br)c1)C(=O)CSCc1ccc([N+](=O)[O-])cc1. The first-order valence-corrected chi connectivity index (χ1v) is 11.8. The minimum atomic E-state index is -0.617. The quantitative estimate of drug-likeness (QED) is 0.376. The van der Waals surface area contributed by atoms with Crippen LogP contribution in [0, 0.1) is 10.1 Å². The van der Waals surface area contributed by atoms with Crippen LogP contribution >= 0.6 is 27.7 Å². The molecule has 0 aromatic heterocycles. The highest BCUT2D eigenvalue weighted by Crippen LogP contribution is 2.19. The summed E-state index contributed by atoms with van der Waals surface area (Å²) in [6.45, 7) is 5.81. The molecule has 2 rings (SSSR count). The summed E-state index contributed by atoms with van der Waals surface area (Å²) in [5, 5.41) is 13.6. The van der Waals surface area contributed by atoms with Crippen molar-refractivity contribution in [3.05, 3.63) is 74.2 Å². The zero-order valence-corrected chi connectivity index (χ0v) is 20.1. The molecule has 7 nitrogen and oxygen atoms in total. The predicted molar refractivity (Wildman–Crippen MR) is 127 cm³/mol. The summed E-state index contributed by atoms with van der Waals surface area (Å²) in [6, 6.07) is 13.3. The van der Waals surface area contributed by atoms with Crippen molar-refractivity contribution in [3.63, 3.8) is 0 Å². The van der Waals surface area contributed by atoms with Gasteiger partial charge in [-0.3, -0.25) is 19.7 Å². The van der Waals surface area contributed by atoms with Crippen molar-refractivity contribution in [2.24, 2.45) is 0 Å². The summed E-state index contributed by atoms with van der Waals surface area (Å²) in [4.78, 5) is 37.5.